The first kappa shape index (κ1) is 22.1. The van der Waals surface area contributed by atoms with Crippen molar-refractivity contribution in [3.63, 3.8) is 0 Å². The van der Waals surface area contributed by atoms with Crippen molar-refractivity contribution in [3.05, 3.63) is 81.4 Å². The van der Waals surface area contributed by atoms with Crippen LogP contribution in [-0.2, 0) is 4.79 Å². The van der Waals surface area contributed by atoms with Gasteiger partial charge in [-0.05, 0) is 36.4 Å². The Hall–Kier alpha value is -3.56. The number of carboxylic acid groups (broad SMARTS) is 1. The van der Waals surface area contributed by atoms with E-state index in [0.717, 1.165) is 22.7 Å². The fourth-order valence-electron chi connectivity index (χ4n) is 2.89. The Bertz CT molecular complexity index is 1200. The Morgan fingerprint density at radius 2 is 1.87 bits per heavy atom. The van der Waals surface area contributed by atoms with Gasteiger partial charge in [0.2, 0.25) is 0 Å². The molecule has 1 amide bonds. The quantitative estimate of drug-likeness (QED) is 0.601. The third-order valence-electron chi connectivity index (χ3n) is 4.58. The highest BCUT2D eigenvalue weighted by Gasteiger charge is 2.29. The van der Waals surface area contributed by atoms with Crippen LogP contribution in [0.15, 0.2) is 59.4 Å². The summed E-state index contributed by atoms with van der Waals surface area (Å²) in [6.07, 6.45) is 0. The van der Waals surface area contributed by atoms with E-state index in [4.69, 9.17) is 11.6 Å². The number of hydrogen-bond acceptors (Lipinski definition) is 5. The van der Waals surface area contributed by atoms with Crippen LogP contribution in [-0.4, -0.2) is 56.5 Å². The summed E-state index contributed by atoms with van der Waals surface area (Å²) in [5.41, 5.74) is -0.473. The molecule has 10 heteroatoms. The number of aliphatic carboxylic acids is 1. The van der Waals surface area contributed by atoms with E-state index in [0.29, 0.717) is 10.6 Å². The second kappa shape index (κ2) is 9.07. The van der Waals surface area contributed by atoms with Crippen LogP contribution in [0, 0.1) is 5.82 Å². The van der Waals surface area contributed by atoms with Gasteiger partial charge in [0.05, 0.1) is 18.0 Å². The Morgan fingerprint density at radius 1 is 1.19 bits per heavy atom. The van der Waals surface area contributed by atoms with Crippen molar-refractivity contribution < 1.29 is 24.2 Å². The third-order valence-corrected chi connectivity index (χ3v) is 4.83. The molecule has 31 heavy (non-hydrogen) atoms. The molecule has 160 valence electrons. The van der Waals surface area contributed by atoms with Gasteiger partial charge in [-0.15, -0.1) is 0 Å². The second-order valence-electron chi connectivity index (χ2n) is 6.60. The summed E-state index contributed by atoms with van der Waals surface area (Å²) in [5.74, 6) is -2.98. The van der Waals surface area contributed by atoms with E-state index in [2.05, 4.69) is 5.10 Å². The number of carbonyl (C=O) groups is 2. The van der Waals surface area contributed by atoms with E-state index < -0.39 is 41.5 Å². The van der Waals surface area contributed by atoms with Crippen molar-refractivity contribution in [3.8, 4) is 16.9 Å². The Balaban J connectivity index is 2.22. The molecule has 0 fully saturated rings. The molecule has 1 atom stereocenters. The van der Waals surface area contributed by atoms with E-state index in [1.807, 2.05) is 0 Å². The molecule has 0 spiro atoms. The number of amides is 1. The average molecular weight is 446 g/mol. The van der Waals surface area contributed by atoms with Gasteiger partial charge in [0, 0.05) is 17.6 Å². The number of halogens is 2. The van der Waals surface area contributed by atoms with Gasteiger partial charge in [0.15, 0.2) is 6.04 Å². The summed E-state index contributed by atoms with van der Waals surface area (Å²) in [6, 6.07) is 11.2. The molecule has 0 radical (unpaired) electrons. The van der Waals surface area contributed by atoms with Crippen LogP contribution in [0.2, 0.25) is 5.02 Å². The smallest absolute Gasteiger partial charge is 0.328 e. The molecule has 2 N–H and O–H groups in total. The lowest BCUT2D eigenvalue weighted by Crippen LogP contribution is -2.46. The van der Waals surface area contributed by atoms with Crippen molar-refractivity contribution in [1.82, 2.24) is 14.7 Å². The van der Waals surface area contributed by atoms with Crippen molar-refractivity contribution in [2.45, 2.75) is 6.04 Å². The summed E-state index contributed by atoms with van der Waals surface area (Å²) in [6.45, 7) is -0.842. The van der Waals surface area contributed by atoms with Crippen LogP contribution < -0.4 is 5.56 Å². The lowest BCUT2D eigenvalue weighted by molar-refractivity contribution is -0.143. The number of likely N-dealkylation sites (N-methyl/N-ethyl adjacent to an activating group) is 1. The number of aliphatic hydroxyl groups is 1. The number of nitrogens with zero attached hydrogens (tertiary/aromatic N) is 3. The highest BCUT2D eigenvalue weighted by Crippen LogP contribution is 2.21. The molecule has 8 nitrogen and oxygen atoms in total. The molecule has 0 aliphatic rings. The Kier molecular flexibility index (Phi) is 6.47. The number of carboxylic acids is 1. The van der Waals surface area contributed by atoms with E-state index in [1.54, 1.807) is 24.3 Å². The predicted octanol–water partition coefficient (Wildman–Crippen LogP) is 2.21. The largest absolute Gasteiger partial charge is 0.480 e. The van der Waals surface area contributed by atoms with Gasteiger partial charge in [0.25, 0.3) is 11.5 Å². The average Bonchev–Trinajstić information content (AvgIpc) is 2.74. The maximum absolute atomic E-state index is 13.8. The first-order valence-electron chi connectivity index (χ1n) is 9.00. The van der Waals surface area contributed by atoms with Crippen LogP contribution in [0.25, 0.3) is 16.9 Å². The van der Waals surface area contributed by atoms with Crippen molar-refractivity contribution in [2.75, 3.05) is 13.7 Å². The zero-order chi connectivity index (χ0) is 22.7. The van der Waals surface area contributed by atoms with Gasteiger partial charge in [-0.2, -0.15) is 9.78 Å². The summed E-state index contributed by atoms with van der Waals surface area (Å²) in [4.78, 5) is 38.1. The van der Waals surface area contributed by atoms with Crippen molar-refractivity contribution in [2.24, 2.45) is 0 Å². The number of rotatable bonds is 6. The number of benzene rings is 2. The van der Waals surface area contributed by atoms with Crippen LogP contribution in [0.3, 0.4) is 0 Å². The van der Waals surface area contributed by atoms with E-state index in [9.17, 15) is 29.0 Å². The molecule has 3 aromatic rings. The molecule has 2 aromatic carbocycles. The zero-order valence-electron chi connectivity index (χ0n) is 16.2. The van der Waals surface area contributed by atoms with Gasteiger partial charge in [-0.3, -0.25) is 9.59 Å². The first-order valence-corrected chi connectivity index (χ1v) is 9.37. The summed E-state index contributed by atoms with van der Waals surface area (Å²) < 4.78 is 14.6. The highest BCUT2D eigenvalue weighted by molar-refractivity contribution is 6.30. The summed E-state index contributed by atoms with van der Waals surface area (Å²) >= 11 is 5.92. The van der Waals surface area contributed by atoms with Crippen LogP contribution in [0.5, 0.6) is 0 Å². The van der Waals surface area contributed by atoms with E-state index >= 15 is 0 Å². The summed E-state index contributed by atoms with van der Waals surface area (Å²) in [7, 11) is 1.16. The number of carbonyl (C=O) groups excluding carboxylic acids is 1. The molecular weight excluding hydrogens is 429 g/mol. The van der Waals surface area contributed by atoms with Crippen LogP contribution in [0.4, 0.5) is 4.39 Å². The molecule has 0 unspecified atom stereocenters. The second-order valence-corrected chi connectivity index (χ2v) is 7.04. The minimum Gasteiger partial charge on any atom is -0.480 e. The highest BCUT2D eigenvalue weighted by atomic mass is 35.5. The van der Waals surface area contributed by atoms with Gasteiger partial charge in [0.1, 0.15) is 11.4 Å². The lowest BCUT2D eigenvalue weighted by atomic mass is 10.1. The van der Waals surface area contributed by atoms with Crippen molar-refractivity contribution >= 4 is 23.5 Å². The fraction of sp³-hybridized carbons (Fsp3) is 0.143. The van der Waals surface area contributed by atoms with Crippen LogP contribution >= 0.6 is 11.6 Å². The van der Waals surface area contributed by atoms with E-state index in [-0.39, 0.29) is 11.4 Å². The first-order chi connectivity index (χ1) is 14.7. The van der Waals surface area contributed by atoms with E-state index in [1.165, 1.54) is 24.3 Å². The zero-order valence-corrected chi connectivity index (χ0v) is 17.0. The molecule has 0 bridgehead atoms. The number of aliphatic hydroxyl groups excluding tert-OH is 1. The number of hydrogen-bond donors (Lipinski definition) is 2. The SMILES string of the molecule is CN(C(=O)c1cc(-c2ccc(Cl)cc2)nn(-c2cccc(F)c2)c1=O)[C@@H](CO)C(=O)O. The maximum atomic E-state index is 13.8. The van der Waals surface area contributed by atoms with Crippen molar-refractivity contribution in [1.29, 1.82) is 0 Å². The van der Waals surface area contributed by atoms with Gasteiger partial charge < -0.3 is 15.1 Å². The molecule has 0 aliphatic heterocycles. The predicted molar refractivity (Wildman–Crippen MR) is 111 cm³/mol. The summed E-state index contributed by atoms with van der Waals surface area (Å²) in [5, 5.41) is 23.3. The maximum Gasteiger partial charge on any atom is 0.328 e. The molecule has 1 aromatic heterocycles. The van der Waals surface area contributed by atoms with Gasteiger partial charge >= 0.3 is 5.97 Å². The monoisotopic (exact) mass is 445 g/mol. The topological polar surface area (TPSA) is 113 Å². The van der Waals surface area contributed by atoms with Crippen LogP contribution in [0.1, 0.15) is 10.4 Å². The minimum atomic E-state index is -1.55. The number of aromatic nitrogens is 2. The molecule has 0 saturated carbocycles. The Labute approximate surface area is 180 Å². The molecule has 0 saturated heterocycles. The molecular formula is C21H17ClFN3O5. The molecule has 3 rings (SSSR count). The Morgan fingerprint density at radius 3 is 2.45 bits per heavy atom. The fourth-order valence-corrected chi connectivity index (χ4v) is 3.02. The molecule has 0 aliphatic carbocycles. The normalized spacial score (nSPS) is 11.7. The lowest BCUT2D eigenvalue weighted by Gasteiger charge is -2.23. The standard InChI is InChI=1S/C21H17ClFN3O5/c1-25(18(11-27)21(30)31)19(28)16-10-17(12-5-7-13(22)8-6-12)24-26(20(16)29)15-4-2-3-14(23)9-15/h2-10,18,27H,11H2,1H3,(H,30,31)/t18-/m0/s1. The minimum absolute atomic E-state index is 0.0782. The third kappa shape index (κ3) is 4.62. The van der Waals surface area contributed by atoms with Gasteiger partial charge in [-0.25, -0.2) is 9.18 Å². The van der Waals surface area contributed by atoms with Gasteiger partial charge in [-0.1, -0.05) is 29.8 Å². The molecule has 1 heterocycles.